The Morgan fingerprint density at radius 2 is 2.20 bits per heavy atom. The third-order valence-electron chi connectivity index (χ3n) is 1.91. The van der Waals surface area contributed by atoms with Crippen LogP contribution < -0.4 is 11.5 Å². The zero-order chi connectivity index (χ0) is 7.61. The molecule has 0 bridgehead atoms. The molecule has 10 heavy (non-hydrogen) atoms. The largest absolute Gasteiger partial charge is 0.449 e. The van der Waals surface area contributed by atoms with Gasteiger partial charge in [-0.3, -0.25) is 0 Å². The number of carbonyl (C=O) groups is 1. The van der Waals surface area contributed by atoms with Crippen LogP contribution in [0.5, 0.6) is 0 Å². The summed E-state index contributed by atoms with van der Waals surface area (Å²) in [4.78, 5) is 10.1. The molecular formula is C6H12N2O2. The van der Waals surface area contributed by atoms with Gasteiger partial charge in [0.05, 0.1) is 6.61 Å². The summed E-state index contributed by atoms with van der Waals surface area (Å²) in [5.41, 5.74) is 10.3. The maximum absolute atomic E-state index is 10.1. The van der Waals surface area contributed by atoms with Gasteiger partial charge in [0.25, 0.3) is 0 Å². The van der Waals surface area contributed by atoms with Gasteiger partial charge in [-0.25, -0.2) is 4.79 Å². The summed E-state index contributed by atoms with van der Waals surface area (Å²) in [7, 11) is 0. The maximum Gasteiger partial charge on any atom is 0.404 e. The first-order chi connectivity index (χ1) is 4.68. The van der Waals surface area contributed by atoms with E-state index in [4.69, 9.17) is 11.5 Å². The quantitative estimate of drug-likeness (QED) is 0.576. The molecule has 0 radical (unpaired) electrons. The van der Waals surface area contributed by atoms with Crippen LogP contribution in [0.25, 0.3) is 0 Å². The molecule has 1 aliphatic rings. The Kier molecular flexibility index (Phi) is 1.80. The summed E-state index contributed by atoms with van der Waals surface area (Å²) in [6.45, 7) is 0.971. The van der Waals surface area contributed by atoms with Gasteiger partial charge < -0.3 is 16.2 Å². The molecular weight excluding hydrogens is 132 g/mol. The van der Waals surface area contributed by atoms with Crippen LogP contribution >= 0.6 is 0 Å². The molecule has 0 spiro atoms. The molecule has 4 heteroatoms. The van der Waals surface area contributed by atoms with E-state index in [0.29, 0.717) is 13.2 Å². The van der Waals surface area contributed by atoms with Gasteiger partial charge in [-0.05, 0) is 12.8 Å². The Morgan fingerprint density at radius 1 is 1.60 bits per heavy atom. The summed E-state index contributed by atoms with van der Waals surface area (Å²) in [5.74, 6) is 0. The first-order valence-corrected chi connectivity index (χ1v) is 3.31. The van der Waals surface area contributed by atoms with E-state index in [0.717, 1.165) is 12.8 Å². The van der Waals surface area contributed by atoms with Gasteiger partial charge in [0, 0.05) is 12.0 Å². The van der Waals surface area contributed by atoms with Gasteiger partial charge in [-0.2, -0.15) is 0 Å². The molecule has 0 atom stereocenters. The van der Waals surface area contributed by atoms with Crippen LogP contribution in [0.1, 0.15) is 12.8 Å². The lowest BCUT2D eigenvalue weighted by Gasteiger charge is -2.10. The molecule has 0 aromatic rings. The fourth-order valence-corrected chi connectivity index (χ4v) is 0.808. The molecule has 4 nitrogen and oxygen atoms in total. The summed E-state index contributed by atoms with van der Waals surface area (Å²) < 4.78 is 4.62. The van der Waals surface area contributed by atoms with E-state index in [2.05, 4.69) is 4.74 Å². The zero-order valence-electron chi connectivity index (χ0n) is 5.80. The fraction of sp³-hybridized carbons (Fsp3) is 0.833. The number of ether oxygens (including phenoxy) is 1. The lowest BCUT2D eigenvalue weighted by Crippen LogP contribution is -2.25. The van der Waals surface area contributed by atoms with Crippen molar-refractivity contribution in [3.63, 3.8) is 0 Å². The SMILES string of the molecule is NCC1(COC(N)=O)CC1. The number of nitrogens with two attached hydrogens (primary N) is 2. The number of hydrogen-bond acceptors (Lipinski definition) is 3. The summed E-state index contributed by atoms with van der Waals surface area (Å²) in [6, 6.07) is 0. The minimum absolute atomic E-state index is 0.0784. The Balaban J connectivity index is 2.19. The Morgan fingerprint density at radius 3 is 2.50 bits per heavy atom. The van der Waals surface area contributed by atoms with E-state index in [9.17, 15) is 4.79 Å². The molecule has 1 fully saturated rings. The van der Waals surface area contributed by atoms with E-state index < -0.39 is 6.09 Å². The highest BCUT2D eigenvalue weighted by molar-refractivity contribution is 5.64. The molecule has 0 saturated heterocycles. The van der Waals surface area contributed by atoms with Crippen molar-refractivity contribution in [2.24, 2.45) is 16.9 Å². The van der Waals surface area contributed by atoms with Crippen molar-refractivity contribution in [2.45, 2.75) is 12.8 Å². The number of primary amides is 1. The second-order valence-corrected chi connectivity index (χ2v) is 2.81. The first kappa shape index (κ1) is 7.34. The van der Waals surface area contributed by atoms with Crippen molar-refractivity contribution in [1.82, 2.24) is 0 Å². The van der Waals surface area contributed by atoms with Crippen LogP contribution in [0, 0.1) is 5.41 Å². The van der Waals surface area contributed by atoms with Crippen LogP contribution in [0.4, 0.5) is 4.79 Å². The monoisotopic (exact) mass is 144 g/mol. The Hall–Kier alpha value is -0.770. The number of hydrogen-bond donors (Lipinski definition) is 2. The Bertz CT molecular complexity index is 143. The minimum atomic E-state index is -0.709. The van der Waals surface area contributed by atoms with Crippen molar-refractivity contribution in [1.29, 1.82) is 0 Å². The number of carbonyl (C=O) groups excluding carboxylic acids is 1. The average Bonchev–Trinajstić information content (AvgIpc) is 2.64. The lowest BCUT2D eigenvalue weighted by molar-refractivity contribution is 0.132. The molecule has 1 rings (SSSR count). The van der Waals surface area contributed by atoms with E-state index in [-0.39, 0.29) is 5.41 Å². The number of amides is 1. The highest BCUT2D eigenvalue weighted by atomic mass is 16.5. The number of rotatable bonds is 3. The second kappa shape index (κ2) is 2.46. The maximum atomic E-state index is 10.1. The molecule has 1 aliphatic carbocycles. The molecule has 1 amide bonds. The van der Waals surface area contributed by atoms with Gasteiger partial charge >= 0.3 is 6.09 Å². The van der Waals surface area contributed by atoms with Crippen LogP contribution in [-0.4, -0.2) is 19.2 Å². The van der Waals surface area contributed by atoms with Crippen LogP contribution in [0.15, 0.2) is 0 Å². The first-order valence-electron chi connectivity index (χ1n) is 3.31. The molecule has 0 aromatic carbocycles. The topological polar surface area (TPSA) is 78.3 Å². The van der Waals surface area contributed by atoms with Crippen LogP contribution in [0.3, 0.4) is 0 Å². The van der Waals surface area contributed by atoms with Crippen LogP contribution in [-0.2, 0) is 4.74 Å². The van der Waals surface area contributed by atoms with Crippen molar-refractivity contribution < 1.29 is 9.53 Å². The second-order valence-electron chi connectivity index (χ2n) is 2.81. The molecule has 1 saturated carbocycles. The van der Waals surface area contributed by atoms with E-state index in [1.807, 2.05) is 0 Å². The van der Waals surface area contributed by atoms with Crippen molar-refractivity contribution >= 4 is 6.09 Å². The molecule has 4 N–H and O–H groups in total. The van der Waals surface area contributed by atoms with Crippen molar-refractivity contribution in [3.05, 3.63) is 0 Å². The smallest absolute Gasteiger partial charge is 0.404 e. The minimum Gasteiger partial charge on any atom is -0.449 e. The Labute approximate surface area is 59.5 Å². The highest BCUT2D eigenvalue weighted by Gasteiger charge is 2.42. The van der Waals surface area contributed by atoms with E-state index in [1.165, 1.54) is 0 Å². The molecule has 58 valence electrons. The highest BCUT2D eigenvalue weighted by Crippen LogP contribution is 2.44. The standard InChI is InChI=1S/C6H12N2O2/c7-3-6(1-2-6)4-10-5(8)9/h1-4,7H2,(H2,8,9). The van der Waals surface area contributed by atoms with Crippen LogP contribution in [0.2, 0.25) is 0 Å². The third-order valence-corrected chi connectivity index (χ3v) is 1.91. The predicted octanol–water partition coefficient (Wildman–Crippen LogP) is -0.179. The van der Waals surface area contributed by atoms with Gasteiger partial charge in [0.1, 0.15) is 0 Å². The molecule has 0 heterocycles. The van der Waals surface area contributed by atoms with E-state index >= 15 is 0 Å². The summed E-state index contributed by atoms with van der Waals surface area (Å²) >= 11 is 0. The summed E-state index contributed by atoms with van der Waals surface area (Å²) in [6.07, 6.45) is 1.40. The van der Waals surface area contributed by atoms with Crippen molar-refractivity contribution in [3.8, 4) is 0 Å². The van der Waals surface area contributed by atoms with E-state index in [1.54, 1.807) is 0 Å². The predicted molar refractivity (Wildman–Crippen MR) is 36.3 cm³/mol. The van der Waals surface area contributed by atoms with Crippen molar-refractivity contribution in [2.75, 3.05) is 13.2 Å². The molecule has 0 aliphatic heterocycles. The zero-order valence-corrected chi connectivity index (χ0v) is 5.80. The van der Waals surface area contributed by atoms with Gasteiger partial charge in [0.15, 0.2) is 0 Å². The summed E-state index contributed by atoms with van der Waals surface area (Å²) in [5, 5.41) is 0. The van der Waals surface area contributed by atoms with Gasteiger partial charge in [-0.1, -0.05) is 0 Å². The average molecular weight is 144 g/mol. The normalized spacial score (nSPS) is 20.1. The van der Waals surface area contributed by atoms with Gasteiger partial charge in [0.2, 0.25) is 0 Å². The van der Waals surface area contributed by atoms with Gasteiger partial charge in [-0.15, -0.1) is 0 Å². The fourth-order valence-electron chi connectivity index (χ4n) is 0.808. The lowest BCUT2D eigenvalue weighted by atomic mass is 10.1. The third kappa shape index (κ3) is 1.60. The molecule has 0 aromatic heterocycles. The molecule has 0 unspecified atom stereocenters.